The number of nitrogens with zero attached hydrogens (tertiary/aromatic N) is 1. The summed E-state index contributed by atoms with van der Waals surface area (Å²) in [5.74, 6) is 0.612. The average molecular weight is 331 g/mol. The lowest BCUT2D eigenvalue weighted by atomic mass is 10.1. The summed E-state index contributed by atoms with van der Waals surface area (Å²) in [4.78, 5) is 27.2. The number of hydrogen-bond acceptors (Lipinski definition) is 4. The summed E-state index contributed by atoms with van der Waals surface area (Å²) < 4.78 is 5.32. The minimum Gasteiger partial charge on any atom is -0.495 e. The van der Waals surface area contributed by atoms with E-state index in [1.807, 2.05) is 25.1 Å². The van der Waals surface area contributed by atoms with Crippen LogP contribution in [0.15, 0.2) is 18.2 Å². The molecule has 2 N–H and O–H groups in total. The molecule has 24 heavy (non-hydrogen) atoms. The molecule has 2 saturated heterocycles. The van der Waals surface area contributed by atoms with Crippen LogP contribution in [0.25, 0.3) is 0 Å². The van der Waals surface area contributed by atoms with Crippen molar-refractivity contribution in [3.05, 3.63) is 23.8 Å². The second kappa shape index (κ2) is 7.21. The highest BCUT2D eigenvalue weighted by atomic mass is 16.5. The number of amides is 2. The van der Waals surface area contributed by atoms with Gasteiger partial charge in [-0.15, -0.1) is 0 Å². The van der Waals surface area contributed by atoms with E-state index in [0.717, 1.165) is 31.5 Å². The number of hydrogen-bond donors (Lipinski definition) is 2. The number of carbonyl (C=O) groups excluding carboxylic acids is 2. The lowest BCUT2D eigenvalue weighted by Gasteiger charge is -2.26. The fraction of sp³-hybridized carbons (Fsp3) is 0.556. The fourth-order valence-corrected chi connectivity index (χ4v) is 3.54. The van der Waals surface area contributed by atoms with Gasteiger partial charge in [0.25, 0.3) is 0 Å². The van der Waals surface area contributed by atoms with Crippen molar-refractivity contribution in [2.45, 2.75) is 32.2 Å². The number of anilines is 1. The van der Waals surface area contributed by atoms with Crippen molar-refractivity contribution < 1.29 is 14.3 Å². The van der Waals surface area contributed by atoms with Crippen molar-refractivity contribution in [1.29, 1.82) is 0 Å². The van der Waals surface area contributed by atoms with Crippen LogP contribution in [0.4, 0.5) is 5.69 Å². The largest absolute Gasteiger partial charge is 0.495 e. The molecule has 2 atom stereocenters. The molecular weight excluding hydrogens is 306 g/mol. The molecule has 6 heteroatoms. The third-order valence-corrected chi connectivity index (χ3v) is 4.86. The van der Waals surface area contributed by atoms with E-state index in [9.17, 15) is 9.59 Å². The van der Waals surface area contributed by atoms with Gasteiger partial charge in [0, 0.05) is 13.1 Å². The van der Waals surface area contributed by atoms with Gasteiger partial charge in [0.15, 0.2) is 0 Å². The maximum absolute atomic E-state index is 12.7. The topological polar surface area (TPSA) is 70.7 Å². The van der Waals surface area contributed by atoms with E-state index in [0.29, 0.717) is 24.4 Å². The van der Waals surface area contributed by atoms with Crippen LogP contribution in [0.5, 0.6) is 5.75 Å². The zero-order valence-electron chi connectivity index (χ0n) is 14.3. The van der Waals surface area contributed by atoms with Crippen LogP contribution in [-0.4, -0.2) is 49.5 Å². The molecule has 1 aromatic rings. The lowest BCUT2D eigenvalue weighted by molar-refractivity contribution is -0.139. The van der Waals surface area contributed by atoms with Gasteiger partial charge >= 0.3 is 0 Å². The highest BCUT2D eigenvalue weighted by Gasteiger charge is 2.38. The summed E-state index contributed by atoms with van der Waals surface area (Å²) in [6.07, 6.45) is 2.44. The standard InChI is InChI=1S/C18H25N3O3/c1-12-5-6-16(24-2)14(10-12)20-17(22)15-4-3-9-21(15)18(23)13-7-8-19-11-13/h5-6,10,13,15,19H,3-4,7-9,11H2,1-2H3,(H,20,22). The zero-order chi connectivity index (χ0) is 17.1. The van der Waals surface area contributed by atoms with Gasteiger partial charge in [-0.3, -0.25) is 9.59 Å². The Morgan fingerprint density at radius 2 is 2.17 bits per heavy atom. The summed E-state index contributed by atoms with van der Waals surface area (Å²) in [7, 11) is 1.58. The van der Waals surface area contributed by atoms with Crippen LogP contribution in [0.2, 0.25) is 0 Å². The molecule has 2 unspecified atom stereocenters. The van der Waals surface area contributed by atoms with Crippen molar-refractivity contribution in [2.75, 3.05) is 32.1 Å². The molecule has 2 amide bonds. The van der Waals surface area contributed by atoms with Crippen LogP contribution in [0, 0.1) is 12.8 Å². The van der Waals surface area contributed by atoms with E-state index in [4.69, 9.17) is 4.74 Å². The van der Waals surface area contributed by atoms with Gasteiger partial charge in [-0.2, -0.15) is 0 Å². The third kappa shape index (κ3) is 3.38. The number of ether oxygens (including phenoxy) is 1. The molecule has 0 bridgehead atoms. The molecular formula is C18H25N3O3. The number of nitrogens with one attached hydrogen (secondary N) is 2. The van der Waals surface area contributed by atoms with Gasteiger partial charge in [0.05, 0.1) is 18.7 Å². The quantitative estimate of drug-likeness (QED) is 0.878. The van der Waals surface area contributed by atoms with Gasteiger partial charge in [-0.1, -0.05) is 6.07 Å². The van der Waals surface area contributed by atoms with Gasteiger partial charge in [0.1, 0.15) is 11.8 Å². The maximum atomic E-state index is 12.7. The lowest BCUT2D eigenvalue weighted by Crippen LogP contribution is -2.46. The van der Waals surface area contributed by atoms with Gasteiger partial charge in [-0.25, -0.2) is 0 Å². The number of methoxy groups -OCH3 is 1. The summed E-state index contributed by atoms with van der Waals surface area (Å²) in [5, 5.41) is 6.16. The Hall–Kier alpha value is -2.08. The molecule has 0 aromatic heterocycles. The van der Waals surface area contributed by atoms with E-state index in [-0.39, 0.29) is 23.8 Å². The van der Waals surface area contributed by atoms with Crippen LogP contribution in [0.1, 0.15) is 24.8 Å². The second-order valence-electron chi connectivity index (χ2n) is 6.57. The Kier molecular flexibility index (Phi) is 5.04. The number of likely N-dealkylation sites (tertiary alicyclic amines) is 1. The van der Waals surface area contributed by atoms with Crippen LogP contribution >= 0.6 is 0 Å². The normalized spacial score (nSPS) is 23.3. The summed E-state index contributed by atoms with van der Waals surface area (Å²) in [5.41, 5.74) is 1.70. The maximum Gasteiger partial charge on any atom is 0.247 e. The zero-order valence-corrected chi connectivity index (χ0v) is 14.3. The fourth-order valence-electron chi connectivity index (χ4n) is 3.54. The van der Waals surface area contributed by atoms with Crippen molar-refractivity contribution in [2.24, 2.45) is 5.92 Å². The molecule has 3 rings (SSSR count). The molecule has 2 fully saturated rings. The first-order valence-corrected chi connectivity index (χ1v) is 8.57. The number of rotatable bonds is 4. The van der Waals surface area contributed by atoms with Crippen LogP contribution < -0.4 is 15.4 Å². The SMILES string of the molecule is COc1ccc(C)cc1NC(=O)C1CCCN1C(=O)C1CCNC1. The average Bonchev–Trinajstić information content (AvgIpc) is 3.26. The molecule has 2 heterocycles. The van der Waals surface area contributed by atoms with E-state index < -0.39 is 0 Å². The molecule has 130 valence electrons. The molecule has 0 spiro atoms. The number of benzene rings is 1. The number of carbonyl (C=O) groups is 2. The van der Waals surface area contributed by atoms with Gasteiger partial charge in [0.2, 0.25) is 11.8 Å². The van der Waals surface area contributed by atoms with Gasteiger partial charge in [-0.05, 0) is 50.4 Å². The van der Waals surface area contributed by atoms with Crippen molar-refractivity contribution >= 4 is 17.5 Å². The van der Waals surface area contributed by atoms with Crippen LogP contribution in [0.3, 0.4) is 0 Å². The minimum atomic E-state index is -0.386. The summed E-state index contributed by atoms with van der Waals surface area (Å²) >= 11 is 0. The first-order chi connectivity index (χ1) is 11.6. The highest BCUT2D eigenvalue weighted by molar-refractivity contribution is 5.98. The summed E-state index contributed by atoms with van der Waals surface area (Å²) in [6, 6.07) is 5.28. The summed E-state index contributed by atoms with van der Waals surface area (Å²) in [6.45, 7) is 4.23. The molecule has 0 radical (unpaired) electrons. The van der Waals surface area contributed by atoms with E-state index >= 15 is 0 Å². The highest BCUT2D eigenvalue weighted by Crippen LogP contribution is 2.28. The predicted molar refractivity (Wildman–Crippen MR) is 92.1 cm³/mol. The molecule has 2 aliphatic rings. The predicted octanol–water partition coefficient (Wildman–Crippen LogP) is 1.54. The Morgan fingerprint density at radius 3 is 2.88 bits per heavy atom. The van der Waals surface area contributed by atoms with Crippen LogP contribution in [-0.2, 0) is 9.59 Å². The van der Waals surface area contributed by atoms with Crippen molar-refractivity contribution in [3.8, 4) is 5.75 Å². The Bertz CT molecular complexity index is 626. The van der Waals surface area contributed by atoms with E-state index in [1.165, 1.54) is 0 Å². The molecule has 2 aliphatic heterocycles. The molecule has 1 aromatic carbocycles. The van der Waals surface area contributed by atoms with E-state index in [1.54, 1.807) is 12.0 Å². The first kappa shape index (κ1) is 16.8. The number of aryl methyl sites for hydroxylation is 1. The second-order valence-corrected chi connectivity index (χ2v) is 6.57. The Balaban J connectivity index is 1.72. The van der Waals surface area contributed by atoms with Crippen molar-refractivity contribution in [1.82, 2.24) is 10.2 Å². The Labute approximate surface area is 142 Å². The molecule has 6 nitrogen and oxygen atoms in total. The smallest absolute Gasteiger partial charge is 0.247 e. The molecule has 0 aliphatic carbocycles. The molecule has 0 saturated carbocycles. The van der Waals surface area contributed by atoms with E-state index in [2.05, 4.69) is 10.6 Å². The minimum absolute atomic E-state index is 0.00639. The monoisotopic (exact) mass is 331 g/mol. The van der Waals surface area contributed by atoms with Gasteiger partial charge < -0.3 is 20.3 Å². The van der Waals surface area contributed by atoms with Crippen molar-refractivity contribution in [3.63, 3.8) is 0 Å². The first-order valence-electron chi connectivity index (χ1n) is 8.57. The Morgan fingerprint density at radius 1 is 1.33 bits per heavy atom. The third-order valence-electron chi connectivity index (χ3n) is 4.86.